The number of para-hydroxylation sites is 2. The summed E-state index contributed by atoms with van der Waals surface area (Å²) in [4.78, 5) is 2.53. The first-order valence-electron chi connectivity index (χ1n) is 21.6. The van der Waals surface area contributed by atoms with Crippen LogP contribution in [0.25, 0.3) is 77.6 Å². The summed E-state index contributed by atoms with van der Waals surface area (Å²) in [6.07, 6.45) is 4.89. The Kier molecular flexibility index (Phi) is 8.38. The molecule has 1 fully saturated rings. The zero-order valence-corrected chi connectivity index (χ0v) is 33.9. The normalized spacial score (nSPS) is 13.8. The smallest absolute Gasteiger partial charge is 0.136 e. The van der Waals surface area contributed by atoms with E-state index in [0.29, 0.717) is 0 Å². The third kappa shape index (κ3) is 5.70. The molecule has 0 aliphatic heterocycles. The first-order valence-corrected chi connectivity index (χ1v) is 21.6. The van der Waals surface area contributed by atoms with E-state index >= 15 is 0 Å². The fourth-order valence-electron chi connectivity index (χ4n) is 10.7. The summed E-state index contributed by atoms with van der Waals surface area (Å²) in [5.41, 5.74) is 20.5. The molecular formula is C59H43NO. The number of furan rings is 1. The Hall–Kier alpha value is -7.42. The molecule has 61 heavy (non-hydrogen) atoms. The minimum atomic E-state index is 0.0556. The molecule has 2 heteroatoms. The Labute approximate surface area is 357 Å². The molecule has 0 amide bonds. The van der Waals surface area contributed by atoms with E-state index in [0.717, 1.165) is 44.4 Å². The average molecular weight is 782 g/mol. The summed E-state index contributed by atoms with van der Waals surface area (Å²) in [5.74, 6) is 0. The van der Waals surface area contributed by atoms with Gasteiger partial charge in [0.15, 0.2) is 0 Å². The molecule has 1 heterocycles. The lowest BCUT2D eigenvalue weighted by Gasteiger charge is -2.31. The van der Waals surface area contributed by atoms with Gasteiger partial charge in [-0.3, -0.25) is 0 Å². The SMILES string of the molecule is c1ccc(-c2ccccc2-c2ccccc2-c2ccccc2N(c2ccc(-c3ccc4c(c3)oc3ccccc34)cc2)c2cccc3c2-c2ccccc2C32CCCC2)cc1. The molecule has 1 saturated carbocycles. The van der Waals surface area contributed by atoms with Crippen molar-refractivity contribution in [3.05, 3.63) is 223 Å². The topological polar surface area (TPSA) is 16.4 Å². The molecule has 2 aliphatic rings. The summed E-state index contributed by atoms with van der Waals surface area (Å²) in [6, 6.07) is 77.8. The van der Waals surface area contributed by atoms with Crippen molar-refractivity contribution < 1.29 is 4.42 Å². The van der Waals surface area contributed by atoms with E-state index in [9.17, 15) is 0 Å². The molecule has 0 bridgehead atoms. The summed E-state index contributed by atoms with van der Waals surface area (Å²) in [7, 11) is 0. The van der Waals surface area contributed by atoms with Gasteiger partial charge in [0.25, 0.3) is 0 Å². The predicted molar refractivity (Wildman–Crippen MR) is 255 cm³/mol. The van der Waals surface area contributed by atoms with Crippen LogP contribution in [0.2, 0.25) is 0 Å². The fourth-order valence-corrected chi connectivity index (χ4v) is 10.7. The van der Waals surface area contributed by atoms with Gasteiger partial charge in [0, 0.05) is 33.0 Å². The van der Waals surface area contributed by atoms with Crippen molar-refractivity contribution in [1.82, 2.24) is 0 Å². The Morgan fingerprint density at radius 3 is 1.70 bits per heavy atom. The second-order valence-electron chi connectivity index (χ2n) is 16.7. The van der Waals surface area contributed by atoms with Gasteiger partial charge in [-0.15, -0.1) is 0 Å². The van der Waals surface area contributed by atoms with Crippen LogP contribution in [0.1, 0.15) is 36.8 Å². The number of anilines is 3. The average Bonchev–Trinajstić information content (AvgIpc) is 4.05. The quantitative estimate of drug-likeness (QED) is 0.160. The number of rotatable bonds is 7. The largest absolute Gasteiger partial charge is 0.456 e. The molecule has 0 N–H and O–H groups in total. The van der Waals surface area contributed by atoms with Gasteiger partial charge in [-0.2, -0.15) is 0 Å². The number of benzene rings is 9. The maximum atomic E-state index is 6.32. The number of nitrogens with zero attached hydrogens (tertiary/aromatic N) is 1. The molecule has 12 rings (SSSR count). The molecule has 0 atom stereocenters. The van der Waals surface area contributed by atoms with Crippen molar-refractivity contribution in [2.75, 3.05) is 4.90 Å². The molecule has 290 valence electrons. The van der Waals surface area contributed by atoms with E-state index in [4.69, 9.17) is 4.42 Å². The van der Waals surface area contributed by atoms with Crippen LogP contribution < -0.4 is 4.90 Å². The molecule has 1 aromatic heterocycles. The minimum absolute atomic E-state index is 0.0556. The van der Waals surface area contributed by atoms with Crippen molar-refractivity contribution in [1.29, 1.82) is 0 Å². The van der Waals surface area contributed by atoms with Crippen LogP contribution in [-0.4, -0.2) is 0 Å². The standard InChI is InChI=1S/C59H43NO/c1-2-17-41(18-3-1)44-19-4-5-20-45(44)46-21-6-7-22-47(46)48-23-9-12-28-54(48)60(55-29-16-27-53-58(55)51-25-8-11-26-52(51)59(53)37-14-15-38-59)43-34-31-40(32-35-43)42-33-36-50-49-24-10-13-30-56(49)61-57(50)39-42/h1-13,16-36,39H,14-15,37-38H2. The lowest BCUT2D eigenvalue weighted by Crippen LogP contribution is -2.20. The van der Waals surface area contributed by atoms with Gasteiger partial charge in [-0.1, -0.05) is 183 Å². The van der Waals surface area contributed by atoms with Crippen molar-refractivity contribution in [3.63, 3.8) is 0 Å². The second kappa shape index (κ2) is 14.4. The number of hydrogen-bond acceptors (Lipinski definition) is 2. The van der Waals surface area contributed by atoms with E-state index < -0.39 is 0 Å². The van der Waals surface area contributed by atoms with Crippen molar-refractivity contribution in [3.8, 4) is 55.6 Å². The van der Waals surface area contributed by atoms with Gasteiger partial charge < -0.3 is 9.32 Å². The minimum Gasteiger partial charge on any atom is -0.456 e. The first kappa shape index (κ1) is 35.5. The Bertz CT molecular complexity index is 3260. The van der Waals surface area contributed by atoms with Gasteiger partial charge in [0.2, 0.25) is 0 Å². The highest BCUT2D eigenvalue weighted by Crippen LogP contribution is 2.60. The fraction of sp³-hybridized carbons (Fsp3) is 0.0847. The van der Waals surface area contributed by atoms with E-state index in [1.807, 2.05) is 12.1 Å². The van der Waals surface area contributed by atoms with Crippen molar-refractivity contribution in [2.24, 2.45) is 0 Å². The molecule has 2 nitrogen and oxygen atoms in total. The number of fused-ring (bicyclic) bond motifs is 8. The van der Waals surface area contributed by atoms with Gasteiger partial charge >= 0.3 is 0 Å². The first-order chi connectivity index (χ1) is 30.2. The number of hydrogen-bond donors (Lipinski definition) is 0. The molecule has 2 aliphatic carbocycles. The molecule has 0 unspecified atom stereocenters. The van der Waals surface area contributed by atoms with Gasteiger partial charge in [0.05, 0.1) is 11.4 Å². The highest BCUT2D eigenvalue weighted by atomic mass is 16.3. The van der Waals surface area contributed by atoms with E-state index in [2.05, 4.69) is 205 Å². The second-order valence-corrected chi connectivity index (χ2v) is 16.7. The Balaban J connectivity index is 1.06. The lowest BCUT2D eigenvalue weighted by molar-refractivity contribution is 0.550. The molecule has 0 saturated heterocycles. The summed E-state index contributed by atoms with van der Waals surface area (Å²) in [5, 5.41) is 2.29. The van der Waals surface area contributed by atoms with Crippen LogP contribution >= 0.6 is 0 Å². The molecule has 9 aromatic carbocycles. The van der Waals surface area contributed by atoms with Crippen LogP contribution in [0.3, 0.4) is 0 Å². The maximum absolute atomic E-state index is 6.32. The van der Waals surface area contributed by atoms with Crippen LogP contribution in [-0.2, 0) is 5.41 Å². The third-order valence-corrected chi connectivity index (χ3v) is 13.5. The van der Waals surface area contributed by atoms with Crippen LogP contribution in [0.5, 0.6) is 0 Å². The maximum Gasteiger partial charge on any atom is 0.136 e. The molecular weight excluding hydrogens is 739 g/mol. The zero-order chi connectivity index (χ0) is 40.3. The van der Waals surface area contributed by atoms with Crippen LogP contribution in [0.4, 0.5) is 17.1 Å². The highest BCUT2D eigenvalue weighted by Gasteiger charge is 2.46. The van der Waals surface area contributed by atoms with Crippen molar-refractivity contribution >= 4 is 39.0 Å². The summed E-state index contributed by atoms with van der Waals surface area (Å²) < 4.78 is 6.32. The molecule has 0 radical (unpaired) electrons. The highest BCUT2D eigenvalue weighted by molar-refractivity contribution is 6.06. The Morgan fingerprint density at radius 1 is 0.361 bits per heavy atom. The molecule has 1 spiro atoms. The molecule has 10 aromatic rings. The Morgan fingerprint density at radius 2 is 0.918 bits per heavy atom. The van der Waals surface area contributed by atoms with Crippen LogP contribution in [0.15, 0.2) is 217 Å². The summed E-state index contributed by atoms with van der Waals surface area (Å²) >= 11 is 0. The van der Waals surface area contributed by atoms with Gasteiger partial charge in [-0.25, -0.2) is 0 Å². The zero-order valence-electron chi connectivity index (χ0n) is 33.9. The van der Waals surface area contributed by atoms with E-state index in [-0.39, 0.29) is 5.41 Å². The summed E-state index contributed by atoms with van der Waals surface area (Å²) in [6.45, 7) is 0. The van der Waals surface area contributed by atoms with Crippen LogP contribution in [0, 0.1) is 0 Å². The van der Waals surface area contributed by atoms with Gasteiger partial charge in [0.1, 0.15) is 11.2 Å². The third-order valence-electron chi connectivity index (χ3n) is 13.5. The predicted octanol–water partition coefficient (Wildman–Crippen LogP) is 16.6. The van der Waals surface area contributed by atoms with Gasteiger partial charge in [-0.05, 0) is 111 Å². The van der Waals surface area contributed by atoms with E-state index in [1.165, 1.54) is 87.0 Å². The lowest BCUT2D eigenvalue weighted by atomic mass is 9.77. The monoisotopic (exact) mass is 781 g/mol. The van der Waals surface area contributed by atoms with Crippen molar-refractivity contribution in [2.45, 2.75) is 31.1 Å². The van der Waals surface area contributed by atoms with E-state index in [1.54, 1.807) is 0 Å².